The highest BCUT2D eigenvalue weighted by atomic mass is 35.5. The van der Waals surface area contributed by atoms with E-state index in [9.17, 15) is 0 Å². The lowest BCUT2D eigenvalue weighted by Gasteiger charge is -2.23. The maximum Gasteiger partial charge on any atom is 0.213 e. The third-order valence-electron chi connectivity index (χ3n) is 4.10. The van der Waals surface area contributed by atoms with Gasteiger partial charge in [0.05, 0.1) is 23.2 Å². The van der Waals surface area contributed by atoms with Gasteiger partial charge in [-0.2, -0.15) is 0 Å². The third kappa shape index (κ3) is 3.27. The molecular formula is C16H20ClN3O. The molecule has 2 aromatic rings. The molecule has 0 bridgehead atoms. The number of methoxy groups -OCH3 is 1. The normalized spacial score (nSPS) is 18.9. The number of aryl methyl sites for hydroxylation is 1. The van der Waals surface area contributed by atoms with Crippen molar-refractivity contribution in [2.75, 3.05) is 13.7 Å². The monoisotopic (exact) mass is 305 g/mol. The van der Waals surface area contributed by atoms with Crippen molar-refractivity contribution in [3.05, 3.63) is 28.9 Å². The van der Waals surface area contributed by atoms with E-state index >= 15 is 0 Å². The maximum absolute atomic E-state index is 6.35. The van der Waals surface area contributed by atoms with Gasteiger partial charge in [-0.25, -0.2) is 4.98 Å². The van der Waals surface area contributed by atoms with Crippen LogP contribution in [0, 0.1) is 0 Å². The molecule has 0 aromatic carbocycles. The first kappa shape index (κ1) is 14.5. The largest absolute Gasteiger partial charge is 0.481 e. The molecule has 0 spiro atoms. The molecule has 1 saturated heterocycles. The summed E-state index contributed by atoms with van der Waals surface area (Å²) in [5, 5.41) is 4.27. The first-order valence-corrected chi connectivity index (χ1v) is 7.87. The highest BCUT2D eigenvalue weighted by molar-refractivity contribution is 6.32. The van der Waals surface area contributed by atoms with Gasteiger partial charge in [-0.15, -0.1) is 0 Å². The van der Waals surface area contributed by atoms with E-state index in [1.165, 1.54) is 19.3 Å². The number of piperidine rings is 1. The number of hydrogen-bond donors (Lipinski definition) is 1. The smallest absolute Gasteiger partial charge is 0.213 e. The van der Waals surface area contributed by atoms with Crippen LogP contribution in [0.1, 0.15) is 31.2 Å². The molecule has 1 aliphatic rings. The van der Waals surface area contributed by atoms with Crippen LogP contribution in [-0.2, 0) is 6.42 Å². The second-order valence-electron chi connectivity index (χ2n) is 5.49. The highest BCUT2D eigenvalue weighted by Crippen LogP contribution is 2.27. The molecule has 0 radical (unpaired) electrons. The summed E-state index contributed by atoms with van der Waals surface area (Å²) in [6.07, 6.45) is 7.56. The number of fused-ring (bicyclic) bond motifs is 1. The van der Waals surface area contributed by atoms with Gasteiger partial charge in [-0.1, -0.05) is 18.0 Å². The summed E-state index contributed by atoms with van der Waals surface area (Å²) >= 11 is 6.35. The minimum Gasteiger partial charge on any atom is -0.481 e. The third-order valence-corrected chi connectivity index (χ3v) is 4.43. The van der Waals surface area contributed by atoms with Gasteiger partial charge in [0, 0.05) is 23.9 Å². The Balaban J connectivity index is 1.86. The Morgan fingerprint density at radius 2 is 2.29 bits per heavy atom. The number of nitrogens with zero attached hydrogens (tertiary/aromatic N) is 2. The minimum absolute atomic E-state index is 0.587. The van der Waals surface area contributed by atoms with Crippen molar-refractivity contribution < 1.29 is 4.74 Å². The second kappa shape index (κ2) is 6.58. The molecule has 112 valence electrons. The van der Waals surface area contributed by atoms with Crippen LogP contribution < -0.4 is 10.1 Å². The van der Waals surface area contributed by atoms with Crippen LogP contribution in [0.3, 0.4) is 0 Å². The summed E-state index contributed by atoms with van der Waals surface area (Å²) in [6.45, 7) is 1.13. The van der Waals surface area contributed by atoms with Crippen LogP contribution >= 0.6 is 11.6 Å². The molecular weight excluding hydrogens is 286 g/mol. The van der Waals surface area contributed by atoms with E-state index in [1.807, 2.05) is 12.1 Å². The van der Waals surface area contributed by atoms with Gasteiger partial charge in [-0.3, -0.25) is 4.98 Å². The number of ether oxygens (including phenoxy) is 1. The topological polar surface area (TPSA) is 47.0 Å². The maximum atomic E-state index is 6.35. The molecule has 0 saturated carbocycles. The number of rotatable bonds is 4. The van der Waals surface area contributed by atoms with Crippen LogP contribution in [0.4, 0.5) is 0 Å². The average molecular weight is 306 g/mol. The SMILES string of the molecule is COc1ccc2ncc(Cl)c(CCC3CCCCN3)c2n1. The zero-order valence-corrected chi connectivity index (χ0v) is 13.0. The van der Waals surface area contributed by atoms with Crippen LogP contribution in [0.15, 0.2) is 18.3 Å². The molecule has 3 rings (SSSR count). The first-order chi connectivity index (χ1) is 10.3. The molecule has 5 heteroatoms. The molecule has 3 heterocycles. The van der Waals surface area contributed by atoms with Crippen LogP contribution in [0.5, 0.6) is 5.88 Å². The van der Waals surface area contributed by atoms with Crippen molar-refractivity contribution in [2.45, 2.75) is 38.1 Å². The minimum atomic E-state index is 0.587. The average Bonchev–Trinajstić information content (AvgIpc) is 2.54. The van der Waals surface area contributed by atoms with Gasteiger partial charge in [-0.05, 0) is 38.3 Å². The highest BCUT2D eigenvalue weighted by Gasteiger charge is 2.15. The second-order valence-corrected chi connectivity index (χ2v) is 5.90. The molecule has 1 aliphatic heterocycles. The first-order valence-electron chi connectivity index (χ1n) is 7.49. The van der Waals surface area contributed by atoms with Crippen LogP contribution in [0.25, 0.3) is 11.0 Å². The number of nitrogens with one attached hydrogen (secondary N) is 1. The van der Waals surface area contributed by atoms with E-state index in [0.29, 0.717) is 16.9 Å². The lowest BCUT2D eigenvalue weighted by atomic mass is 9.97. The quantitative estimate of drug-likeness (QED) is 0.941. The van der Waals surface area contributed by atoms with E-state index in [0.717, 1.165) is 36.0 Å². The van der Waals surface area contributed by atoms with Gasteiger partial charge in [0.1, 0.15) is 0 Å². The molecule has 0 amide bonds. The lowest BCUT2D eigenvalue weighted by molar-refractivity contribution is 0.383. The Bertz CT molecular complexity index is 626. The van der Waals surface area contributed by atoms with Crippen molar-refractivity contribution >= 4 is 22.6 Å². The number of halogens is 1. The van der Waals surface area contributed by atoms with E-state index in [2.05, 4.69) is 15.3 Å². The lowest BCUT2D eigenvalue weighted by Crippen LogP contribution is -2.34. The van der Waals surface area contributed by atoms with E-state index in [4.69, 9.17) is 16.3 Å². The van der Waals surface area contributed by atoms with Crippen molar-refractivity contribution in [3.8, 4) is 5.88 Å². The molecule has 4 nitrogen and oxygen atoms in total. The van der Waals surface area contributed by atoms with Crippen molar-refractivity contribution in [2.24, 2.45) is 0 Å². The summed E-state index contributed by atoms with van der Waals surface area (Å²) < 4.78 is 5.22. The van der Waals surface area contributed by atoms with E-state index in [1.54, 1.807) is 13.3 Å². The predicted molar refractivity (Wildman–Crippen MR) is 85.1 cm³/mol. The summed E-state index contributed by atoms with van der Waals surface area (Å²) in [7, 11) is 1.62. The molecule has 0 aliphatic carbocycles. The number of hydrogen-bond acceptors (Lipinski definition) is 4. The van der Waals surface area contributed by atoms with Gasteiger partial charge in [0.2, 0.25) is 5.88 Å². The fourth-order valence-corrected chi connectivity index (χ4v) is 3.15. The molecule has 1 fully saturated rings. The Morgan fingerprint density at radius 3 is 3.05 bits per heavy atom. The molecule has 2 aromatic heterocycles. The summed E-state index contributed by atoms with van der Waals surface area (Å²) in [6, 6.07) is 4.35. The van der Waals surface area contributed by atoms with E-state index < -0.39 is 0 Å². The van der Waals surface area contributed by atoms with Crippen molar-refractivity contribution in [1.29, 1.82) is 0 Å². The zero-order chi connectivity index (χ0) is 14.7. The fourth-order valence-electron chi connectivity index (χ4n) is 2.92. The van der Waals surface area contributed by atoms with E-state index in [-0.39, 0.29) is 0 Å². The predicted octanol–water partition coefficient (Wildman–Crippen LogP) is 3.37. The molecule has 1 N–H and O–H groups in total. The van der Waals surface area contributed by atoms with Crippen molar-refractivity contribution in [3.63, 3.8) is 0 Å². The zero-order valence-electron chi connectivity index (χ0n) is 12.2. The van der Waals surface area contributed by atoms with Gasteiger partial charge < -0.3 is 10.1 Å². The Labute approximate surface area is 129 Å². The Kier molecular flexibility index (Phi) is 4.56. The molecule has 21 heavy (non-hydrogen) atoms. The Morgan fingerprint density at radius 1 is 1.38 bits per heavy atom. The summed E-state index contributed by atoms with van der Waals surface area (Å²) in [4.78, 5) is 8.87. The van der Waals surface area contributed by atoms with Crippen molar-refractivity contribution in [1.82, 2.24) is 15.3 Å². The van der Waals surface area contributed by atoms with Gasteiger partial charge >= 0.3 is 0 Å². The number of pyridine rings is 2. The van der Waals surface area contributed by atoms with Gasteiger partial charge in [0.15, 0.2) is 0 Å². The van der Waals surface area contributed by atoms with Crippen LogP contribution in [0.2, 0.25) is 5.02 Å². The van der Waals surface area contributed by atoms with Gasteiger partial charge in [0.25, 0.3) is 0 Å². The summed E-state index contributed by atoms with van der Waals surface area (Å²) in [5.74, 6) is 0.601. The van der Waals surface area contributed by atoms with Crippen LogP contribution in [-0.4, -0.2) is 29.7 Å². The standard InChI is InChI=1S/C16H20ClN3O/c1-21-15-8-7-14-16(20-15)12(13(17)10-19-14)6-5-11-4-2-3-9-18-11/h7-8,10-11,18H,2-6,9H2,1H3. The Hall–Kier alpha value is -1.39. The summed E-state index contributed by atoms with van der Waals surface area (Å²) in [5.41, 5.74) is 2.80. The number of aromatic nitrogens is 2. The fraction of sp³-hybridized carbons (Fsp3) is 0.500. The molecule has 1 unspecified atom stereocenters. The molecule has 1 atom stereocenters.